The molecule has 2 nitrogen and oxygen atoms in total. The highest BCUT2D eigenvalue weighted by molar-refractivity contribution is 4.92. The molecule has 0 aromatic heterocycles. The van der Waals surface area contributed by atoms with Crippen molar-refractivity contribution in [2.24, 2.45) is 17.6 Å². The Bertz CT molecular complexity index is 199. The lowest BCUT2D eigenvalue weighted by Gasteiger charge is -2.36. The van der Waals surface area contributed by atoms with Gasteiger partial charge in [0, 0.05) is 25.2 Å². The smallest absolute Gasteiger partial charge is 0.0283 e. The van der Waals surface area contributed by atoms with Crippen LogP contribution in [0.1, 0.15) is 46.0 Å². The highest BCUT2D eigenvalue weighted by Gasteiger charge is 2.33. The third-order valence-corrected chi connectivity index (χ3v) is 4.45. The van der Waals surface area contributed by atoms with Gasteiger partial charge in [0.1, 0.15) is 0 Å². The van der Waals surface area contributed by atoms with Gasteiger partial charge in [0.05, 0.1) is 0 Å². The van der Waals surface area contributed by atoms with E-state index in [0.717, 1.165) is 18.4 Å². The maximum Gasteiger partial charge on any atom is 0.0283 e. The van der Waals surface area contributed by atoms with Gasteiger partial charge in [0.15, 0.2) is 0 Å². The molecule has 0 aromatic rings. The van der Waals surface area contributed by atoms with Gasteiger partial charge in [0.2, 0.25) is 0 Å². The molecule has 2 N–H and O–H groups in total. The normalized spacial score (nSPS) is 37.0. The summed E-state index contributed by atoms with van der Waals surface area (Å²) >= 11 is 0. The molecule has 2 rings (SSSR count). The minimum absolute atomic E-state index is 0.141. The quantitative estimate of drug-likeness (QED) is 0.757. The first kappa shape index (κ1) is 11.4. The molecule has 0 radical (unpaired) electrons. The Morgan fingerprint density at radius 1 is 1.07 bits per heavy atom. The van der Waals surface area contributed by atoms with Crippen LogP contribution in [0.3, 0.4) is 0 Å². The Kier molecular flexibility index (Phi) is 3.36. The fourth-order valence-electron chi connectivity index (χ4n) is 3.24. The van der Waals surface area contributed by atoms with Crippen LogP contribution in [0.2, 0.25) is 0 Å². The number of likely N-dealkylation sites (tertiary alicyclic amines) is 1. The zero-order valence-corrected chi connectivity index (χ0v) is 10.3. The van der Waals surface area contributed by atoms with Crippen LogP contribution in [0.15, 0.2) is 0 Å². The van der Waals surface area contributed by atoms with Crippen LogP contribution in [-0.2, 0) is 0 Å². The van der Waals surface area contributed by atoms with Gasteiger partial charge < -0.3 is 10.6 Å². The standard InChI is InChI=1S/C13H26N2/c1-11-8-15(9-12(11)2)10-13(14)6-4-3-5-7-13/h11-12H,3-10,14H2,1-2H3. The van der Waals surface area contributed by atoms with Crippen molar-refractivity contribution in [2.75, 3.05) is 19.6 Å². The summed E-state index contributed by atoms with van der Waals surface area (Å²) in [5.74, 6) is 1.72. The van der Waals surface area contributed by atoms with E-state index in [2.05, 4.69) is 18.7 Å². The topological polar surface area (TPSA) is 29.3 Å². The second-order valence-corrected chi connectivity index (χ2v) is 6.07. The Morgan fingerprint density at radius 3 is 2.13 bits per heavy atom. The SMILES string of the molecule is CC1CN(CC2(N)CCCCC2)CC1C. The Balaban J connectivity index is 1.86. The average Bonchev–Trinajstić information content (AvgIpc) is 2.46. The molecule has 2 aliphatic rings. The molecule has 1 aliphatic heterocycles. The third-order valence-electron chi connectivity index (χ3n) is 4.45. The highest BCUT2D eigenvalue weighted by atomic mass is 15.2. The van der Waals surface area contributed by atoms with Crippen LogP contribution in [-0.4, -0.2) is 30.1 Å². The van der Waals surface area contributed by atoms with Crippen LogP contribution in [0.25, 0.3) is 0 Å². The molecule has 2 fully saturated rings. The van der Waals surface area contributed by atoms with E-state index in [-0.39, 0.29) is 5.54 Å². The van der Waals surface area contributed by atoms with Gasteiger partial charge in [-0.15, -0.1) is 0 Å². The fraction of sp³-hybridized carbons (Fsp3) is 1.00. The summed E-state index contributed by atoms with van der Waals surface area (Å²) in [6.45, 7) is 8.41. The zero-order chi connectivity index (χ0) is 10.9. The average molecular weight is 210 g/mol. The van der Waals surface area contributed by atoms with Gasteiger partial charge >= 0.3 is 0 Å². The summed E-state index contributed by atoms with van der Waals surface area (Å²) in [6.07, 6.45) is 6.56. The number of nitrogens with zero attached hydrogens (tertiary/aromatic N) is 1. The Hall–Kier alpha value is -0.0800. The number of nitrogens with two attached hydrogens (primary N) is 1. The first-order valence-corrected chi connectivity index (χ1v) is 6.60. The lowest BCUT2D eigenvalue weighted by molar-refractivity contribution is 0.192. The molecule has 0 spiro atoms. The Labute approximate surface area is 94.2 Å². The molecular formula is C13H26N2. The summed E-state index contributed by atoms with van der Waals surface area (Å²) in [4.78, 5) is 2.60. The van der Waals surface area contributed by atoms with Crippen molar-refractivity contribution in [3.05, 3.63) is 0 Å². The van der Waals surface area contributed by atoms with E-state index >= 15 is 0 Å². The van der Waals surface area contributed by atoms with E-state index in [9.17, 15) is 0 Å². The lowest BCUT2D eigenvalue weighted by atomic mass is 9.82. The van der Waals surface area contributed by atoms with Crippen LogP contribution in [0.4, 0.5) is 0 Å². The second kappa shape index (κ2) is 4.42. The number of hydrogen-bond acceptors (Lipinski definition) is 2. The van der Waals surface area contributed by atoms with E-state index < -0.39 is 0 Å². The van der Waals surface area contributed by atoms with Gasteiger partial charge in [-0.25, -0.2) is 0 Å². The van der Waals surface area contributed by atoms with Crippen molar-refractivity contribution in [1.82, 2.24) is 4.90 Å². The van der Waals surface area contributed by atoms with Gasteiger partial charge in [-0.3, -0.25) is 0 Å². The van der Waals surface area contributed by atoms with Crippen molar-refractivity contribution in [1.29, 1.82) is 0 Å². The van der Waals surface area contributed by atoms with E-state index in [0.29, 0.717) is 0 Å². The molecule has 0 bridgehead atoms. The largest absolute Gasteiger partial charge is 0.324 e. The fourth-order valence-corrected chi connectivity index (χ4v) is 3.24. The van der Waals surface area contributed by atoms with Gasteiger partial charge in [0.25, 0.3) is 0 Å². The van der Waals surface area contributed by atoms with E-state index in [1.165, 1.54) is 45.2 Å². The van der Waals surface area contributed by atoms with Crippen molar-refractivity contribution in [3.8, 4) is 0 Å². The summed E-state index contributed by atoms with van der Waals surface area (Å²) in [5, 5.41) is 0. The number of hydrogen-bond donors (Lipinski definition) is 1. The minimum atomic E-state index is 0.141. The van der Waals surface area contributed by atoms with Crippen molar-refractivity contribution < 1.29 is 0 Å². The minimum Gasteiger partial charge on any atom is -0.324 e. The molecule has 15 heavy (non-hydrogen) atoms. The van der Waals surface area contributed by atoms with Crippen LogP contribution >= 0.6 is 0 Å². The highest BCUT2D eigenvalue weighted by Crippen LogP contribution is 2.30. The molecule has 2 atom stereocenters. The van der Waals surface area contributed by atoms with Gasteiger partial charge in [-0.2, -0.15) is 0 Å². The maximum absolute atomic E-state index is 6.49. The predicted molar refractivity (Wildman–Crippen MR) is 64.8 cm³/mol. The van der Waals surface area contributed by atoms with Crippen LogP contribution in [0, 0.1) is 11.8 Å². The predicted octanol–water partition coefficient (Wildman–Crippen LogP) is 2.24. The molecule has 2 unspecified atom stereocenters. The molecule has 0 aromatic carbocycles. The zero-order valence-electron chi connectivity index (χ0n) is 10.3. The lowest BCUT2D eigenvalue weighted by Crippen LogP contribution is -2.51. The summed E-state index contributed by atoms with van der Waals surface area (Å²) < 4.78 is 0. The van der Waals surface area contributed by atoms with Crippen molar-refractivity contribution >= 4 is 0 Å². The second-order valence-electron chi connectivity index (χ2n) is 6.07. The van der Waals surface area contributed by atoms with Crippen LogP contribution < -0.4 is 5.73 Å². The summed E-state index contributed by atoms with van der Waals surface area (Å²) in [5.41, 5.74) is 6.63. The van der Waals surface area contributed by atoms with Crippen LogP contribution in [0.5, 0.6) is 0 Å². The first-order chi connectivity index (χ1) is 7.09. The molecule has 2 heteroatoms. The van der Waals surface area contributed by atoms with Gasteiger partial charge in [-0.1, -0.05) is 33.1 Å². The first-order valence-electron chi connectivity index (χ1n) is 6.60. The van der Waals surface area contributed by atoms with E-state index in [1.807, 2.05) is 0 Å². The molecule has 88 valence electrons. The maximum atomic E-state index is 6.49. The summed E-state index contributed by atoms with van der Waals surface area (Å²) in [6, 6.07) is 0. The van der Waals surface area contributed by atoms with E-state index in [4.69, 9.17) is 5.73 Å². The third kappa shape index (κ3) is 2.73. The molecular weight excluding hydrogens is 184 g/mol. The molecule has 1 heterocycles. The monoisotopic (exact) mass is 210 g/mol. The van der Waals surface area contributed by atoms with Crippen molar-refractivity contribution in [2.45, 2.75) is 51.5 Å². The van der Waals surface area contributed by atoms with Gasteiger partial charge in [-0.05, 0) is 24.7 Å². The molecule has 1 saturated carbocycles. The molecule has 1 aliphatic carbocycles. The summed E-state index contributed by atoms with van der Waals surface area (Å²) in [7, 11) is 0. The van der Waals surface area contributed by atoms with Crippen molar-refractivity contribution in [3.63, 3.8) is 0 Å². The van der Waals surface area contributed by atoms with E-state index in [1.54, 1.807) is 0 Å². The Morgan fingerprint density at radius 2 is 1.60 bits per heavy atom. The number of rotatable bonds is 2. The molecule has 1 saturated heterocycles. The molecule has 0 amide bonds.